The summed E-state index contributed by atoms with van der Waals surface area (Å²) >= 11 is 0. The van der Waals surface area contributed by atoms with Crippen LogP contribution in [-0.4, -0.2) is 30.1 Å². The predicted octanol–water partition coefficient (Wildman–Crippen LogP) is 2.45. The molecular formula is C9H19OP. The van der Waals surface area contributed by atoms with Gasteiger partial charge in [0, 0.05) is 0 Å². The van der Waals surface area contributed by atoms with E-state index in [-0.39, 0.29) is 5.78 Å². The maximum absolute atomic E-state index is 10.9. The first-order chi connectivity index (χ1) is 5.10. The van der Waals surface area contributed by atoms with E-state index in [2.05, 4.69) is 20.8 Å². The fourth-order valence-electron chi connectivity index (χ4n) is 1.33. The molecule has 0 aliphatic carbocycles. The number of carbonyl (C=O) groups excluding carboxylic acids is 1. The summed E-state index contributed by atoms with van der Waals surface area (Å²) in [5.74, 6) is 2.25. The molecule has 0 spiro atoms. The van der Waals surface area contributed by atoms with Gasteiger partial charge in [0.15, 0.2) is 5.78 Å². The lowest BCUT2D eigenvalue weighted by atomic mass is 10.5. The number of hydrogen-bond donors (Lipinski definition) is 0. The third-order valence-electron chi connectivity index (χ3n) is 2.35. The van der Waals surface area contributed by atoms with Gasteiger partial charge in [-0.3, -0.25) is 4.79 Å². The normalized spacial score (nSPS) is 11.3. The Labute approximate surface area is 70.2 Å². The molecule has 0 saturated heterocycles. The number of hydrogen-bond acceptors (Lipinski definition) is 1. The van der Waals surface area contributed by atoms with Crippen molar-refractivity contribution < 1.29 is 4.79 Å². The number of Topliss-reactive ketones (excluding diaryl/α,β-unsaturated/α-hetero) is 1. The summed E-state index contributed by atoms with van der Waals surface area (Å²) in [6.07, 6.45) is 3.54. The van der Waals surface area contributed by atoms with Crippen LogP contribution in [0, 0.1) is 0 Å². The van der Waals surface area contributed by atoms with Gasteiger partial charge in [-0.05, 0) is 31.2 Å². The van der Waals surface area contributed by atoms with Crippen molar-refractivity contribution in [2.45, 2.75) is 27.7 Å². The summed E-state index contributed by atoms with van der Waals surface area (Å²) in [6.45, 7) is 7.28. The van der Waals surface area contributed by atoms with Gasteiger partial charge < -0.3 is 0 Å². The average Bonchev–Trinajstić information content (AvgIpc) is 2.00. The Balaban J connectivity index is 4.66. The largest absolute Gasteiger partial charge is 0.295 e. The molecule has 0 aromatic heterocycles. The highest BCUT2D eigenvalue weighted by Crippen LogP contribution is 2.45. The van der Waals surface area contributed by atoms with E-state index in [1.807, 2.05) is 5.80 Å². The molecule has 0 aliphatic rings. The molecule has 0 amide bonds. The first kappa shape index (κ1) is 11.0. The van der Waals surface area contributed by atoms with E-state index in [0.717, 1.165) is 0 Å². The van der Waals surface area contributed by atoms with Crippen molar-refractivity contribution in [1.82, 2.24) is 0 Å². The van der Waals surface area contributed by atoms with E-state index < -0.39 is 6.89 Å². The maximum Gasteiger partial charge on any atom is 0.152 e. The quantitative estimate of drug-likeness (QED) is 0.598. The molecule has 0 rings (SSSR count). The van der Waals surface area contributed by atoms with Crippen molar-refractivity contribution in [2.75, 3.05) is 18.5 Å². The molecule has 0 unspecified atom stereocenters. The Hall–Kier alpha value is -0.0300. The lowest BCUT2D eigenvalue weighted by Gasteiger charge is -2.19. The summed E-state index contributed by atoms with van der Waals surface area (Å²) in [5, 5.41) is 0. The van der Waals surface area contributed by atoms with Crippen molar-refractivity contribution >= 4 is 18.5 Å². The molecule has 0 aliphatic heterocycles. The highest BCUT2D eigenvalue weighted by atomic mass is 31.2. The Kier molecular flexibility index (Phi) is 4.76. The van der Waals surface area contributed by atoms with Crippen LogP contribution in [0.2, 0.25) is 0 Å². The fraction of sp³-hybridized carbons (Fsp3) is 0.778. The van der Waals surface area contributed by atoms with Crippen molar-refractivity contribution in [2.24, 2.45) is 0 Å². The molecule has 0 N–H and O–H groups in total. The topological polar surface area (TPSA) is 17.1 Å². The van der Waals surface area contributed by atoms with E-state index in [1.54, 1.807) is 6.92 Å². The molecule has 11 heavy (non-hydrogen) atoms. The molecule has 1 nitrogen and oxygen atoms in total. The minimum atomic E-state index is -0.970. The molecule has 0 aromatic carbocycles. The Morgan fingerprint density at radius 3 is 1.64 bits per heavy atom. The van der Waals surface area contributed by atoms with Gasteiger partial charge in [-0.2, -0.15) is 0 Å². The molecule has 0 atom stereocenters. The van der Waals surface area contributed by atoms with E-state index in [4.69, 9.17) is 0 Å². The van der Waals surface area contributed by atoms with Gasteiger partial charge in [0.2, 0.25) is 0 Å². The van der Waals surface area contributed by atoms with Gasteiger partial charge >= 0.3 is 0 Å². The summed E-state index contributed by atoms with van der Waals surface area (Å²) in [5.41, 5.74) is 0. The minimum Gasteiger partial charge on any atom is -0.295 e. The highest BCUT2D eigenvalue weighted by molar-refractivity contribution is 7.76. The monoisotopic (exact) mass is 174 g/mol. The highest BCUT2D eigenvalue weighted by Gasteiger charge is 2.09. The van der Waals surface area contributed by atoms with Crippen LogP contribution in [0.25, 0.3) is 0 Å². The zero-order valence-electron chi connectivity index (χ0n) is 8.05. The third kappa shape index (κ3) is 3.25. The molecule has 0 saturated carbocycles. The molecule has 2 heteroatoms. The van der Waals surface area contributed by atoms with E-state index in [0.29, 0.717) is 0 Å². The van der Waals surface area contributed by atoms with Gasteiger partial charge in [0.25, 0.3) is 0 Å². The van der Waals surface area contributed by atoms with Crippen LogP contribution in [-0.2, 0) is 4.79 Å². The van der Waals surface area contributed by atoms with Crippen molar-refractivity contribution in [3.63, 3.8) is 0 Å². The lowest BCUT2D eigenvalue weighted by molar-refractivity contribution is -0.110. The molecule has 0 aromatic rings. The number of rotatable bonds is 4. The third-order valence-corrected chi connectivity index (χ3v) is 7.04. The van der Waals surface area contributed by atoms with Crippen LogP contribution < -0.4 is 0 Å². The minimum absolute atomic E-state index is 0.254. The summed E-state index contributed by atoms with van der Waals surface area (Å²) in [6, 6.07) is 0. The number of carbonyl (C=O) groups is 1. The van der Waals surface area contributed by atoms with Gasteiger partial charge in [0.05, 0.1) is 0 Å². The smallest absolute Gasteiger partial charge is 0.152 e. The molecule has 66 valence electrons. The van der Waals surface area contributed by atoms with Crippen molar-refractivity contribution in [3.8, 4) is 0 Å². The summed E-state index contributed by atoms with van der Waals surface area (Å²) < 4.78 is 0. The molecule has 0 bridgehead atoms. The SMILES string of the molecule is CCP(=CC(C)=O)(CC)CC. The fourth-order valence-corrected chi connectivity index (χ4v) is 3.99. The van der Waals surface area contributed by atoms with Gasteiger partial charge in [-0.1, -0.05) is 20.8 Å². The van der Waals surface area contributed by atoms with Crippen LogP contribution in [0.15, 0.2) is 0 Å². The van der Waals surface area contributed by atoms with Crippen molar-refractivity contribution in [3.05, 3.63) is 0 Å². The van der Waals surface area contributed by atoms with Crippen molar-refractivity contribution in [1.29, 1.82) is 0 Å². The standard InChI is InChI=1S/C9H19OP/c1-5-11(6-2,7-3)8-9(4)10/h8H,5-7H2,1-4H3. The maximum atomic E-state index is 10.9. The van der Waals surface area contributed by atoms with Gasteiger partial charge in [-0.15, -0.1) is 6.89 Å². The average molecular weight is 174 g/mol. The number of ketones is 1. The predicted molar refractivity (Wildman–Crippen MR) is 55.3 cm³/mol. The van der Waals surface area contributed by atoms with Gasteiger partial charge in [-0.25, -0.2) is 0 Å². The first-order valence-electron chi connectivity index (χ1n) is 4.32. The van der Waals surface area contributed by atoms with E-state index >= 15 is 0 Å². The molecule has 0 radical (unpaired) electrons. The Morgan fingerprint density at radius 2 is 1.55 bits per heavy atom. The van der Waals surface area contributed by atoms with Crippen LogP contribution in [0.4, 0.5) is 0 Å². The summed E-state index contributed by atoms with van der Waals surface area (Å²) in [7, 11) is 0. The molecule has 0 heterocycles. The Morgan fingerprint density at radius 1 is 1.18 bits per heavy atom. The molecule has 0 fully saturated rings. The van der Waals surface area contributed by atoms with Crippen LogP contribution in [0.5, 0.6) is 0 Å². The van der Waals surface area contributed by atoms with E-state index in [1.165, 1.54) is 18.5 Å². The second-order valence-electron chi connectivity index (χ2n) is 2.91. The summed E-state index contributed by atoms with van der Waals surface area (Å²) in [4.78, 5) is 10.9. The van der Waals surface area contributed by atoms with E-state index in [9.17, 15) is 4.79 Å². The molecular weight excluding hydrogens is 155 g/mol. The second kappa shape index (κ2) is 4.77. The van der Waals surface area contributed by atoms with Crippen LogP contribution in [0.3, 0.4) is 0 Å². The zero-order valence-corrected chi connectivity index (χ0v) is 8.95. The van der Waals surface area contributed by atoms with Crippen LogP contribution in [0.1, 0.15) is 27.7 Å². The first-order valence-corrected chi connectivity index (χ1v) is 6.73. The zero-order chi connectivity index (χ0) is 8.91. The van der Waals surface area contributed by atoms with Gasteiger partial charge in [0.1, 0.15) is 0 Å². The lowest BCUT2D eigenvalue weighted by Crippen LogP contribution is -2.02. The van der Waals surface area contributed by atoms with Crippen LogP contribution >= 0.6 is 6.89 Å². The Bertz CT molecular complexity index is 163. The second-order valence-corrected chi connectivity index (χ2v) is 7.50.